The van der Waals surface area contributed by atoms with Crippen LogP contribution in [0.25, 0.3) is 17.0 Å². The first-order valence-electron chi connectivity index (χ1n) is 10.0. The molecule has 2 amide bonds. The summed E-state index contributed by atoms with van der Waals surface area (Å²) in [7, 11) is 0. The Morgan fingerprint density at radius 1 is 0.853 bits per heavy atom. The fourth-order valence-electron chi connectivity index (χ4n) is 3.16. The summed E-state index contributed by atoms with van der Waals surface area (Å²) in [6.45, 7) is 0. The van der Waals surface area contributed by atoms with Crippen molar-refractivity contribution in [3.05, 3.63) is 96.3 Å². The summed E-state index contributed by atoms with van der Waals surface area (Å²) < 4.78 is 46.5. The number of hydrogen-bond acceptors (Lipinski definition) is 4. The molecule has 34 heavy (non-hydrogen) atoms. The van der Waals surface area contributed by atoms with Gasteiger partial charge in [0.1, 0.15) is 17.0 Å². The number of alkyl halides is 3. The van der Waals surface area contributed by atoms with Gasteiger partial charge in [0, 0.05) is 17.1 Å². The van der Waals surface area contributed by atoms with Crippen LogP contribution in [0.4, 0.5) is 24.5 Å². The Bertz CT molecular complexity index is 1340. The van der Waals surface area contributed by atoms with Crippen molar-refractivity contribution in [1.29, 1.82) is 0 Å². The maximum atomic E-state index is 12.9. The van der Waals surface area contributed by atoms with Crippen LogP contribution in [-0.4, -0.2) is 18.2 Å². The van der Waals surface area contributed by atoms with E-state index in [0.29, 0.717) is 11.0 Å². The largest absolute Gasteiger partial charge is 0.573 e. The Balaban J connectivity index is 1.55. The molecule has 4 aromatic rings. The number of carbonyl (C=O) groups excluding carboxylic acids is 2. The van der Waals surface area contributed by atoms with Gasteiger partial charge in [-0.05, 0) is 48.0 Å². The Labute approximate surface area is 191 Å². The minimum atomic E-state index is -4.82. The molecule has 0 unspecified atom stereocenters. The van der Waals surface area contributed by atoms with Gasteiger partial charge in [0.2, 0.25) is 11.7 Å². The lowest BCUT2D eigenvalue weighted by molar-refractivity contribution is -0.274. The molecule has 1 aromatic heterocycles. The van der Waals surface area contributed by atoms with Crippen LogP contribution in [0, 0.1) is 0 Å². The molecule has 0 saturated heterocycles. The van der Waals surface area contributed by atoms with Crippen LogP contribution in [-0.2, 0) is 4.79 Å². The molecule has 0 aliphatic heterocycles. The maximum absolute atomic E-state index is 12.9. The van der Waals surface area contributed by atoms with Crippen LogP contribution in [0.1, 0.15) is 16.1 Å². The highest BCUT2D eigenvalue weighted by atomic mass is 19.4. The number of anilines is 2. The molecule has 3 aromatic carbocycles. The second kappa shape index (κ2) is 9.53. The molecule has 0 saturated carbocycles. The Morgan fingerprint density at radius 2 is 1.53 bits per heavy atom. The molecule has 9 heteroatoms. The van der Waals surface area contributed by atoms with Crippen molar-refractivity contribution >= 4 is 40.2 Å². The molecule has 1 heterocycles. The minimum absolute atomic E-state index is 0.154. The van der Waals surface area contributed by atoms with Crippen LogP contribution in [0.5, 0.6) is 5.75 Å². The van der Waals surface area contributed by atoms with E-state index >= 15 is 0 Å². The number of carbonyl (C=O) groups is 2. The van der Waals surface area contributed by atoms with Crippen molar-refractivity contribution in [3.8, 4) is 5.75 Å². The van der Waals surface area contributed by atoms with E-state index in [1.165, 1.54) is 18.2 Å². The molecule has 0 aliphatic carbocycles. The van der Waals surface area contributed by atoms with Crippen LogP contribution in [0.15, 0.2) is 89.4 Å². The molecule has 6 nitrogen and oxygen atoms in total. The average Bonchev–Trinajstić information content (AvgIpc) is 3.17. The zero-order valence-electron chi connectivity index (χ0n) is 17.4. The summed E-state index contributed by atoms with van der Waals surface area (Å²) in [5, 5.41) is 5.74. The average molecular weight is 466 g/mol. The number of benzene rings is 3. The van der Waals surface area contributed by atoms with E-state index in [1.54, 1.807) is 30.3 Å². The number of hydrogen-bond donors (Lipinski definition) is 2. The fraction of sp³-hybridized carbons (Fsp3) is 0.0400. The van der Waals surface area contributed by atoms with Gasteiger partial charge in [-0.15, -0.1) is 13.2 Å². The summed E-state index contributed by atoms with van der Waals surface area (Å²) in [5.41, 5.74) is 1.59. The predicted octanol–water partition coefficient (Wildman–Crippen LogP) is 6.24. The number of furan rings is 1. The molecular formula is C25H17F3N2O4. The maximum Gasteiger partial charge on any atom is 0.573 e. The van der Waals surface area contributed by atoms with E-state index in [4.69, 9.17) is 4.42 Å². The second-order valence-electron chi connectivity index (χ2n) is 7.06. The van der Waals surface area contributed by atoms with Gasteiger partial charge in [0.05, 0.1) is 0 Å². The molecule has 2 N–H and O–H groups in total. The lowest BCUT2D eigenvalue weighted by atomic mass is 10.2. The molecule has 0 radical (unpaired) electrons. The highest BCUT2D eigenvalue weighted by Crippen LogP contribution is 2.32. The van der Waals surface area contributed by atoms with Crippen LogP contribution < -0.4 is 15.4 Å². The zero-order chi connectivity index (χ0) is 24.1. The highest BCUT2D eigenvalue weighted by molar-refractivity contribution is 6.16. The fourth-order valence-corrected chi connectivity index (χ4v) is 3.16. The molecule has 4 rings (SSSR count). The van der Waals surface area contributed by atoms with Crippen LogP contribution in [0.3, 0.4) is 0 Å². The van der Waals surface area contributed by atoms with Gasteiger partial charge in [-0.25, -0.2) is 0 Å². The van der Waals surface area contributed by atoms with Gasteiger partial charge < -0.3 is 19.8 Å². The summed E-state index contributed by atoms with van der Waals surface area (Å²) in [4.78, 5) is 25.4. The standard InChI is InChI=1S/C25H17F3N2O4/c26-25(27,28)34-18-13-11-17(12-14-18)29-24(32)23-22(19-8-4-5-9-20(19)33-23)30-21(31)15-10-16-6-2-1-3-7-16/h1-15H,(H,29,32)(H,30,31). The first kappa shape index (κ1) is 22.7. The number of para-hydroxylation sites is 1. The van der Waals surface area contributed by atoms with Gasteiger partial charge in [0.15, 0.2) is 0 Å². The molecule has 0 atom stereocenters. The van der Waals surface area contributed by atoms with Gasteiger partial charge in [-0.3, -0.25) is 9.59 Å². The van der Waals surface area contributed by atoms with E-state index in [9.17, 15) is 22.8 Å². The third-order valence-electron chi connectivity index (χ3n) is 4.62. The van der Waals surface area contributed by atoms with Crippen molar-refractivity contribution < 1.29 is 31.9 Å². The summed E-state index contributed by atoms with van der Waals surface area (Å²) in [5.74, 6) is -1.74. The lowest BCUT2D eigenvalue weighted by Gasteiger charge is -2.10. The number of amides is 2. The van der Waals surface area contributed by atoms with E-state index in [0.717, 1.165) is 17.7 Å². The zero-order valence-corrected chi connectivity index (χ0v) is 17.4. The third kappa shape index (κ3) is 5.63. The van der Waals surface area contributed by atoms with Crippen LogP contribution >= 0.6 is 0 Å². The normalized spacial score (nSPS) is 11.5. The van der Waals surface area contributed by atoms with Crippen molar-refractivity contribution in [2.45, 2.75) is 6.36 Å². The SMILES string of the molecule is O=C(C=Cc1ccccc1)Nc1c(C(=O)Nc2ccc(OC(F)(F)F)cc2)oc2ccccc12. The van der Waals surface area contributed by atoms with Crippen molar-refractivity contribution in [1.82, 2.24) is 0 Å². The molecule has 0 aliphatic rings. The molecule has 172 valence electrons. The molecular weight excluding hydrogens is 449 g/mol. The quantitative estimate of drug-likeness (QED) is 0.330. The van der Waals surface area contributed by atoms with Gasteiger partial charge in [0.25, 0.3) is 5.91 Å². The summed E-state index contributed by atoms with van der Waals surface area (Å²) >= 11 is 0. The Morgan fingerprint density at radius 3 is 2.24 bits per heavy atom. The van der Waals surface area contributed by atoms with Crippen LogP contribution in [0.2, 0.25) is 0 Å². The summed E-state index contributed by atoms with van der Waals surface area (Å²) in [6.07, 6.45) is -1.86. The van der Waals surface area contributed by atoms with E-state index < -0.39 is 23.9 Å². The van der Waals surface area contributed by atoms with E-state index in [1.807, 2.05) is 30.3 Å². The van der Waals surface area contributed by atoms with Crippen molar-refractivity contribution in [2.75, 3.05) is 10.6 Å². The first-order chi connectivity index (χ1) is 16.3. The number of fused-ring (bicyclic) bond motifs is 1. The number of ether oxygens (including phenoxy) is 1. The van der Waals surface area contributed by atoms with Crippen molar-refractivity contribution in [2.24, 2.45) is 0 Å². The lowest BCUT2D eigenvalue weighted by Crippen LogP contribution is -2.17. The topological polar surface area (TPSA) is 80.6 Å². The summed E-state index contributed by atoms with van der Waals surface area (Å²) in [6, 6.07) is 20.6. The van der Waals surface area contributed by atoms with E-state index in [-0.39, 0.29) is 17.1 Å². The first-order valence-corrected chi connectivity index (χ1v) is 10.0. The minimum Gasteiger partial charge on any atom is -0.449 e. The van der Waals surface area contributed by atoms with Crippen molar-refractivity contribution in [3.63, 3.8) is 0 Å². The van der Waals surface area contributed by atoms with E-state index in [2.05, 4.69) is 15.4 Å². The van der Waals surface area contributed by atoms with Gasteiger partial charge in [-0.1, -0.05) is 42.5 Å². The Hall–Kier alpha value is -4.53. The number of rotatable bonds is 6. The molecule has 0 fully saturated rings. The predicted molar refractivity (Wildman–Crippen MR) is 121 cm³/mol. The molecule has 0 spiro atoms. The van der Waals surface area contributed by atoms with Gasteiger partial charge in [-0.2, -0.15) is 0 Å². The monoisotopic (exact) mass is 466 g/mol. The number of nitrogens with one attached hydrogen (secondary N) is 2. The molecule has 0 bridgehead atoms. The Kier molecular flexibility index (Phi) is 6.35. The highest BCUT2D eigenvalue weighted by Gasteiger charge is 2.31. The number of halogens is 3. The van der Waals surface area contributed by atoms with Gasteiger partial charge >= 0.3 is 6.36 Å². The smallest absolute Gasteiger partial charge is 0.449 e. The second-order valence-corrected chi connectivity index (χ2v) is 7.06. The third-order valence-corrected chi connectivity index (χ3v) is 4.62.